The average Bonchev–Trinajstić information content (AvgIpc) is 2.28. The summed E-state index contributed by atoms with van der Waals surface area (Å²) in [6.07, 6.45) is 3.41. The molecule has 0 bridgehead atoms. The first-order chi connectivity index (χ1) is 8.70. The van der Waals surface area contributed by atoms with E-state index in [1.807, 2.05) is 19.9 Å². The Morgan fingerprint density at radius 2 is 1.95 bits per heavy atom. The third-order valence-electron chi connectivity index (χ3n) is 3.77. The third kappa shape index (κ3) is 3.43. The summed E-state index contributed by atoms with van der Waals surface area (Å²) in [6, 6.07) is 1.88. The zero-order chi connectivity index (χ0) is 14.7. The summed E-state index contributed by atoms with van der Waals surface area (Å²) in [7, 11) is 0. The Labute approximate surface area is 114 Å². The van der Waals surface area contributed by atoms with Crippen LogP contribution in [0.25, 0.3) is 0 Å². The van der Waals surface area contributed by atoms with Crippen molar-refractivity contribution in [2.75, 3.05) is 5.32 Å². The highest BCUT2D eigenvalue weighted by Gasteiger charge is 2.43. The van der Waals surface area contributed by atoms with Crippen molar-refractivity contribution in [3.05, 3.63) is 18.1 Å². The van der Waals surface area contributed by atoms with Crippen LogP contribution in [0.3, 0.4) is 0 Å². The normalized spacial score (nSPS) is 12.3. The summed E-state index contributed by atoms with van der Waals surface area (Å²) in [5.41, 5.74) is -0.580. The molecule has 0 saturated heterocycles. The lowest BCUT2D eigenvalue weighted by molar-refractivity contribution is -0.149. The highest BCUT2D eigenvalue weighted by atomic mass is 16.4. The van der Waals surface area contributed by atoms with Gasteiger partial charge < -0.3 is 10.4 Å². The van der Waals surface area contributed by atoms with Gasteiger partial charge in [-0.15, -0.1) is 0 Å². The molecule has 0 saturated carbocycles. The molecule has 0 spiro atoms. The Balaban J connectivity index is 2.95. The molecular formula is C14H23N3O2. The minimum absolute atomic E-state index is 0.628. The summed E-state index contributed by atoms with van der Waals surface area (Å²) in [5, 5.41) is 12.5. The molecule has 0 amide bonds. The fourth-order valence-corrected chi connectivity index (χ4v) is 1.60. The molecule has 0 fully saturated rings. The van der Waals surface area contributed by atoms with Crippen LogP contribution in [0, 0.1) is 5.41 Å². The Bertz CT molecular complexity index is 456. The first-order valence-electron chi connectivity index (χ1n) is 6.53. The number of carboxylic acids is 1. The van der Waals surface area contributed by atoms with Crippen molar-refractivity contribution in [3.63, 3.8) is 0 Å². The van der Waals surface area contributed by atoms with Crippen molar-refractivity contribution >= 4 is 11.8 Å². The number of nitrogens with one attached hydrogen (secondary N) is 1. The van der Waals surface area contributed by atoms with E-state index in [-0.39, 0.29) is 0 Å². The van der Waals surface area contributed by atoms with E-state index in [4.69, 9.17) is 0 Å². The fraction of sp³-hybridized carbons (Fsp3) is 0.643. The van der Waals surface area contributed by atoms with Gasteiger partial charge in [-0.3, -0.25) is 4.79 Å². The number of nitrogens with zero attached hydrogens (tertiary/aromatic N) is 2. The molecule has 5 heteroatoms. The van der Waals surface area contributed by atoms with Gasteiger partial charge in [-0.1, -0.05) is 13.3 Å². The van der Waals surface area contributed by atoms with E-state index >= 15 is 0 Å². The van der Waals surface area contributed by atoms with Crippen molar-refractivity contribution in [3.8, 4) is 0 Å². The van der Waals surface area contributed by atoms with Gasteiger partial charge in [0.1, 0.15) is 12.1 Å². The Morgan fingerprint density at radius 3 is 2.47 bits per heavy atom. The maximum Gasteiger partial charge on any atom is 0.311 e. The van der Waals surface area contributed by atoms with E-state index in [9.17, 15) is 9.90 Å². The van der Waals surface area contributed by atoms with Gasteiger partial charge in [0.2, 0.25) is 0 Å². The number of aliphatic carboxylic acids is 1. The van der Waals surface area contributed by atoms with Gasteiger partial charge in [-0.25, -0.2) is 9.97 Å². The van der Waals surface area contributed by atoms with E-state index < -0.39 is 16.9 Å². The van der Waals surface area contributed by atoms with Crippen LogP contribution >= 0.6 is 0 Å². The van der Waals surface area contributed by atoms with Crippen LogP contribution in [-0.4, -0.2) is 26.6 Å². The van der Waals surface area contributed by atoms with E-state index in [1.54, 1.807) is 13.8 Å². The SMILES string of the molecule is CCCc1cc(NC(C)(C)C(C)(C)C(=O)O)ncn1. The smallest absolute Gasteiger partial charge is 0.311 e. The predicted molar refractivity (Wildman–Crippen MR) is 75.1 cm³/mol. The Kier molecular flexibility index (Phi) is 4.50. The second-order valence-electron chi connectivity index (χ2n) is 5.82. The Morgan fingerprint density at radius 1 is 1.32 bits per heavy atom. The molecule has 0 unspecified atom stereocenters. The molecule has 19 heavy (non-hydrogen) atoms. The van der Waals surface area contributed by atoms with Crippen molar-refractivity contribution in [2.24, 2.45) is 5.41 Å². The number of aryl methyl sites for hydroxylation is 1. The molecule has 0 aliphatic rings. The third-order valence-corrected chi connectivity index (χ3v) is 3.77. The molecule has 0 aromatic carbocycles. The van der Waals surface area contributed by atoms with Gasteiger partial charge in [-0.2, -0.15) is 0 Å². The number of carboxylic acid groups (broad SMARTS) is 1. The van der Waals surface area contributed by atoms with E-state index in [2.05, 4.69) is 22.2 Å². The van der Waals surface area contributed by atoms with Crippen LogP contribution in [0.1, 0.15) is 46.7 Å². The molecule has 1 heterocycles. The Hall–Kier alpha value is -1.65. The maximum absolute atomic E-state index is 11.4. The first-order valence-corrected chi connectivity index (χ1v) is 6.53. The van der Waals surface area contributed by atoms with Gasteiger partial charge in [0.25, 0.3) is 0 Å². The highest BCUT2D eigenvalue weighted by Crippen LogP contribution is 2.33. The van der Waals surface area contributed by atoms with Gasteiger partial charge in [0.15, 0.2) is 0 Å². The average molecular weight is 265 g/mol. The van der Waals surface area contributed by atoms with Gasteiger partial charge in [-0.05, 0) is 34.1 Å². The van der Waals surface area contributed by atoms with E-state index in [1.165, 1.54) is 6.33 Å². The van der Waals surface area contributed by atoms with Crippen LogP contribution in [0.4, 0.5) is 5.82 Å². The van der Waals surface area contributed by atoms with Gasteiger partial charge >= 0.3 is 5.97 Å². The summed E-state index contributed by atoms with van der Waals surface area (Å²) >= 11 is 0. The zero-order valence-corrected chi connectivity index (χ0v) is 12.3. The summed E-state index contributed by atoms with van der Waals surface area (Å²) in [4.78, 5) is 19.7. The molecule has 0 aliphatic heterocycles. The summed E-state index contributed by atoms with van der Waals surface area (Å²) in [5.74, 6) is -0.175. The number of hydrogen-bond acceptors (Lipinski definition) is 4. The summed E-state index contributed by atoms with van der Waals surface area (Å²) in [6.45, 7) is 9.23. The van der Waals surface area contributed by atoms with Crippen LogP contribution in [-0.2, 0) is 11.2 Å². The van der Waals surface area contributed by atoms with Crippen LogP contribution in [0.5, 0.6) is 0 Å². The van der Waals surface area contributed by atoms with Gasteiger partial charge in [0, 0.05) is 17.3 Å². The second-order valence-corrected chi connectivity index (χ2v) is 5.82. The number of carbonyl (C=O) groups is 1. The molecule has 0 radical (unpaired) electrons. The number of rotatable bonds is 6. The first kappa shape index (κ1) is 15.4. The maximum atomic E-state index is 11.4. The minimum Gasteiger partial charge on any atom is -0.481 e. The van der Waals surface area contributed by atoms with Crippen molar-refractivity contribution in [1.29, 1.82) is 0 Å². The standard InChI is InChI=1S/C14H23N3O2/c1-6-7-10-8-11(16-9-15-10)17-14(4,5)13(2,3)12(18)19/h8-9H,6-7H2,1-5H3,(H,18,19)(H,15,16,17). The topological polar surface area (TPSA) is 75.1 Å². The number of aromatic nitrogens is 2. The minimum atomic E-state index is -0.914. The largest absolute Gasteiger partial charge is 0.481 e. The van der Waals surface area contributed by atoms with Crippen LogP contribution < -0.4 is 5.32 Å². The molecular weight excluding hydrogens is 242 g/mol. The van der Waals surface area contributed by atoms with Crippen LogP contribution in [0.15, 0.2) is 12.4 Å². The molecule has 0 atom stereocenters. The van der Waals surface area contributed by atoms with Crippen molar-refractivity contribution in [1.82, 2.24) is 9.97 Å². The fourth-order valence-electron chi connectivity index (χ4n) is 1.60. The molecule has 2 N–H and O–H groups in total. The lowest BCUT2D eigenvalue weighted by atomic mass is 9.74. The molecule has 5 nitrogen and oxygen atoms in total. The number of hydrogen-bond donors (Lipinski definition) is 2. The monoisotopic (exact) mass is 265 g/mol. The predicted octanol–water partition coefficient (Wildman–Crippen LogP) is 2.73. The molecule has 106 valence electrons. The lowest BCUT2D eigenvalue weighted by Gasteiger charge is -2.39. The van der Waals surface area contributed by atoms with E-state index in [0.29, 0.717) is 5.82 Å². The zero-order valence-electron chi connectivity index (χ0n) is 12.3. The quantitative estimate of drug-likeness (QED) is 0.827. The molecule has 1 aromatic rings. The molecule has 1 aromatic heterocycles. The van der Waals surface area contributed by atoms with Crippen molar-refractivity contribution in [2.45, 2.75) is 53.0 Å². The summed E-state index contributed by atoms with van der Waals surface area (Å²) < 4.78 is 0. The van der Waals surface area contributed by atoms with Gasteiger partial charge in [0.05, 0.1) is 5.41 Å². The van der Waals surface area contributed by atoms with Crippen molar-refractivity contribution < 1.29 is 9.90 Å². The molecule has 0 aliphatic carbocycles. The molecule has 1 rings (SSSR count). The number of anilines is 1. The van der Waals surface area contributed by atoms with Crippen LogP contribution in [0.2, 0.25) is 0 Å². The lowest BCUT2D eigenvalue weighted by Crippen LogP contribution is -2.50. The highest BCUT2D eigenvalue weighted by molar-refractivity contribution is 5.76. The second kappa shape index (κ2) is 5.55. The van der Waals surface area contributed by atoms with E-state index in [0.717, 1.165) is 18.5 Å².